The van der Waals surface area contributed by atoms with E-state index in [0.29, 0.717) is 43.3 Å². The summed E-state index contributed by atoms with van der Waals surface area (Å²) in [7, 11) is 0. The lowest BCUT2D eigenvalue weighted by atomic mass is 9.77. The molecule has 6 rings (SSSR count). The van der Waals surface area contributed by atoms with Crippen LogP contribution in [0.25, 0.3) is 0 Å². The normalized spacial score (nSPS) is 23.2. The summed E-state index contributed by atoms with van der Waals surface area (Å²) in [6.07, 6.45) is 10.1. The molecule has 1 amide bonds. The third-order valence-corrected chi connectivity index (χ3v) is 8.83. The van der Waals surface area contributed by atoms with Crippen LogP contribution in [-0.2, 0) is 24.4 Å². The molecule has 2 saturated carbocycles. The molecule has 1 aromatic carbocycles. The molecule has 3 heterocycles. The fourth-order valence-electron chi connectivity index (χ4n) is 6.37. The second-order valence-electron chi connectivity index (χ2n) is 11.7. The lowest BCUT2D eigenvalue weighted by molar-refractivity contribution is -0.125. The lowest BCUT2D eigenvalue weighted by Crippen LogP contribution is -2.48. The fourth-order valence-corrected chi connectivity index (χ4v) is 6.37. The van der Waals surface area contributed by atoms with Crippen molar-refractivity contribution in [2.45, 2.75) is 77.2 Å². The summed E-state index contributed by atoms with van der Waals surface area (Å²) in [6.45, 7) is 5.60. The number of hydrogen-bond acceptors (Lipinski definition) is 8. The van der Waals surface area contributed by atoms with Crippen LogP contribution >= 0.6 is 0 Å². The van der Waals surface area contributed by atoms with Crippen molar-refractivity contribution in [3.05, 3.63) is 47.2 Å². The first kappa shape index (κ1) is 25.4. The molecular weight excluding hydrogens is 482 g/mol. The average Bonchev–Trinajstić information content (AvgIpc) is 3.52. The predicted octanol–water partition coefficient (Wildman–Crippen LogP) is 2.74. The number of hydrogen-bond donors (Lipinski definition) is 3. The van der Waals surface area contributed by atoms with Gasteiger partial charge < -0.3 is 24.9 Å². The third-order valence-electron chi connectivity index (χ3n) is 8.83. The Hall–Kier alpha value is -2.91. The molecule has 1 aromatic heterocycles. The van der Waals surface area contributed by atoms with E-state index in [2.05, 4.69) is 38.5 Å². The van der Waals surface area contributed by atoms with Crippen LogP contribution in [0.15, 0.2) is 34.1 Å². The van der Waals surface area contributed by atoms with E-state index in [9.17, 15) is 9.90 Å². The maximum atomic E-state index is 12.8. The van der Waals surface area contributed by atoms with E-state index >= 15 is 0 Å². The van der Waals surface area contributed by atoms with Crippen LogP contribution in [0, 0.1) is 18.3 Å². The van der Waals surface area contributed by atoms with Gasteiger partial charge >= 0.3 is 0 Å². The Morgan fingerprint density at radius 1 is 1.34 bits per heavy atom. The van der Waals surface area contributed by atoms with E-state index in [1.807, 2.05) is 6.07 Å². The van der Waals surface area contributed by atoms with E-state index in [1.54, 1.807) is 6.20 Å². The Bertz CT molecular complexity index is 1170. The summed E-state index contributed by atoms with van der Waals surface area (Å²) in [5.74, 6) is 2.52. The monoisotopic (exact) mass is 521 g/mol. The highest BCUT2D eigenvalue weighted by molar-refractivity contribution is 5.89. The van der Waals surface area contributed by atoms with Crippen LogP contribution in [0.3, 0.4) is 0 Å². The number of aliphatic hydroxyl groups is 1. The minimum absolute atomic E-state index is 0.0306. The van der Waals surface area contributed by atoms with Gasteiger partial charge in [-0.2, -0.15) is 0 Å². The molecule has 0 bridgehead atoms. The van der Waals surface area contributed by atoms with Gasteiger partial charge in [-0.05, 0) is 73.6 Å². The van der Waals surface area contributed by atoms with Gasteiger partial charge in [0, 0.05) is 51.1 Å². The topological polar surface area (TPSA) is 112 Å². The first-order chi connectivity index (χ1) is 18.5. The van der Waals surface area contributed by atoms with Crippen LogP contribution in [0.4, 0.5) is 0 Å². The molecule has 4 aliphatic rings. The first-order valence-electron chi connectivity index (χ1n) is 14.1. The molecule has 204 valence electrons. The van der Waals surface area contributed by atoms with Crippen LogP contribution in [0.2, 0.25) is 0 Å². The summed E-state index contributed by atoms with van der Waals surface area (Å²) in [5, 5.41) is 17.3. The maximum absolute atomic E-state index is 12.8. The number of aliphatic hydroxyl groups excluding tert-OH is 1. The molecule has 2 aromatic rings. The van der Waals surface area contributed by atoms with E-state index in [-0.39, 0.29) is 18.4 Å². The largest absolute Gasteiger partial charge is 0.485 e. The molecule has 1 spiro atoms. The molecule has 2 aliphatic heterocycles. The molecule has 0 saturated heterocycles. The SMILES string of the molecule is Cc1c(OCc2cnco2)ccc2c1CCN(C[C@@H](O)CNC(=O)C1CCN=C(NC3CC4(CC4)C3)C1)C2. The number of benzene rings is 1. The van der Waals surface area contributed by atoms with Gasteiger partial charge in [0.15, 0.2) is 12.2 Å². The van der Waals surface area contributed by atoms with Crippen molar-refractivity contribution in [1.29, 1.82) is 0 Å². The molecule has 2 atom stereocenters. The number of amidine groups is 1. The number of rotatable bonds is 9. The van der Waals surface area contributed by atoms with Crippen molar-refractivity contribution in [3.63, 3.8) is 0 Å². The number of β-amino-alcohol motifs (C(OH)–C–C–N with tert-alkyl or cyclic N) is 1. The molecular formula is C29H39N5O4. The molecule has 1 unspecified atom stereocenters. The third kappa shape index (κ3) is 5.73. The van der Waals surface area contributed by atoms with Crippen molar-refractivity contribution >= 4 is 11.7 Å². The summed E-state index contributed by atoms with van der Waals surface area (Å²) in [6, 6.07) is 4.66. The van der Waals surface area contributed by atoms with E-state index < -0.39 is 6.10 Å². The van der Waals surface area contributed by atoms with Crippen LogP contribution in [0.1, 0.15) is 61.0 Å². The standard InChI is InChI=1S/C29H39N5O4/c1-19-25-5-9-34(15-21(25)2-3-26(19)37-17-24-14-30-18-38-24)16-23(35)13-32-28(36)20-4-8-31-27(10-20)33-22-11-29(12-22)6-7-29/h2-3,14,18,20,22-23,35H,4-13,15-17H2,1H3,(H,31,33)(H,32,36)/t20?,23-/m0/s1. The molecule has 9 nitrogen and oxygen atoms in total. The zero-order valence-electron chi connectivity index (χ0n) is 22.2. The second-order valence-corrected chi connectivity index (χ2v) is 11.7. The minimum Gasteiger partial charge on any atom is -0.485 e. The fraction of sp³-hybridized carbons (Fsp3) is 0.621. The number of carbonyl (C=O) groups is 1. The molecule has 2 fully saturated rings. The Kier molecular flexibility index (Phi) is 7.14. The maximum Gasteiger partial charge on any atom is 0.223 e. The smallest absolute Gasteiger partial charge is 0.223 e. The van der Waals surface area contributed by atoms with Crippen molar-refractivity contribution in [3.8, 4) is 5.75 Å². The quantitative estimate of drug-likeness (QED) is 0.465. The second kappa shape index (κ2) is 10.7. The minimum atomic E-state index is -0.606. The number of carbonyl (C=O) groups excluding carboxylic acids is 1. The Morgan fingerprint density at radius 2 is 2.21 bits per heavy atom. The molecule has 0 radical (unpaired) electrons. The predicted molar refractivity (Wildman–Crippen MR) is 143 cm³/mol. The van der Waals surface area contributed by atoms with Gasteiger partial charge in [-0.15, -0.1) is 0 Å². The van der Waals surface area contributed by atoms with Gasteiger partial charge in [-0.1, -0.05) is 6.07 Å². The van der Waals surface area contributed by atoms with E-state index in [0.717, 1.165) is 43.1 Å². The number of ether oxygens (including phenoxy) is 1. The van der Waals surface area contributed by atoms with Crippen LogP contribution in [-0.4, -0.2) is 65.1 Å². The summed E-state index contributed by atoms with van der Waals surface area (Å²) in [5.41, 5.74) is 4.39. The van der Waals surface area contributed by atoms with E-state index in [4.69, 9.17) is 9.15 Å². The number of amides is 1. The zero-order chi connectivity index (χ0) is 26.1. The van der Waals surface area contributed by atoms with Gasteiger partial charge in [0.2, 0.25) is 5.91 Å². The summed E-state index contributed by atoms with van der Waals surface area (Å²) >= 11 is 0. The number of oxazole rings is 1. The number of nitrogens with one attached hydrogen (secondary N) is 2. The Morgan fingerprint density at radius 3 is 3.00 bits per heavy atom. The highest BCUT2D eigenvalue weighted by Gasteiger charge is 2.53. The van der Waals surface area contributed by atoms with Crippen molar-refractivity contribution in [2.75, 3.05) is 26.2 Å². The zero-order valence-corrected chi connectivity index (χ0v) is 22.2. The Balaban J connectivity index is 0.934. The van der Waals surface area contributed by atoms with Gasteiger partial charge in [-0.3, -0.25) is 14.7 Å². The number of fused-ring (bicyclic) bond motifs is 1. The van der Waals surface area contributed by atoms with Crippen molar-refractivity contribution in [2.24, 2.45) is 16.3 Å². The molecule has 3 N–H and O–H groups in total. The summed E-state index contributed by atoms with van der Waals surface area (Å²) in [4.78, 5) is 23.7. The highest BCUT2D eigenvalue weighted by Crippen LogP contribution is 2.60. The number of aromatic nitrogens is 1. The van der Waals surface area contributed by atoms with Crippen LogP contribution < -0.4 is 15.4 Å². The lowest BCUT2D eigenvalue weighted by Gasteiger charge is -2.38. The number of aliphatic imine (C=N–C) groups is 1. The first-order valence-corrected chi connectivity index (χ1v) is 14.1. The van der Waals surface area contributed by atoms with E-state index in [1.165, 1.54) is 43.2 Å². The van der Waals surface area contributed by atoms with Gasteiger partial charge in [0.1, 0.15) is 12.4 Å². The van der Waals surface area contributed by atoms with Gasteiger partial charge in [-0.25, -0.2) is 4.98 Å². The van der Waals surface area contributed by atoms with Crippen molar-refractivity contribution < 1.29 is 19.1 Å². The molecule has 38 heavy (non-hydrogen) atoms. The van der Waals surface area contributed by atoms with Crippen LogP contribution in [0.5, 0.6) is 5.75 Å². The molecule has 9 heteroatoms. The van der Waals surface area contributed by atoms with Crippen molar-refractivity contribution in [1.82, 2.24) is 20.5 Å². The van der Waals surface area contributed by atoms with Gasteiger partial charge in [0.05, 0.1) is 18.1 Å². The average molecular weight is 522 g/mol. The van der Waals surface area contributed by atoms with Gasteiger partial charge in [0.25, 0.3) is 0 Å². The Labute approximate surface area is 224 Å². The molecule has 2 aliphatic carbocycles. The summed E-state index contributed by atoms with van der Waals surface area (Å²) < 4.78 is 11.2. The number of nitrogens with zero attached hydrogens (tertiary/aromatic N) is 3. The highest BCUT2D eigenvalue weighted by atomic mass is 16.5.